The summed E-state index contributed by atoms with van der Waals surface area (Å²) in [5, 5.41) is 8.36. The smallest absolute Gasteiger partial charge is 0.287 e. The van der Waals surface area contributed by atoms with Crippen molar-refractivity contribution in [3.05, 3.63) is 64.9 Å². The first kappa shape index (κ1) is 25.2. The maximum Gasteiger partial charge on any atom is 0.287 e. The Hall–Kier alpha value is -3.88. The maximum atomic E-state index is 12.9. The number of hydrogen-bond acceptors (Lipinski definition) is 6. The van der Waals surface area contributed by atoms with Gasteiger partial charge in [-0.25, -0.2) is 0 Å². The van der Waals surface area contributed by atoms with E-state index in [4.69, 9.17) is 8.83 Å². The van der Waals surface area contributed by atoms with Crippen LogP contribution in [0.1, 0.15) is 70.1 Å². The number of carbonyl (C=O) groups excluding carboxylic acids is 3. The average Bonchev–Trinajstić information content (AvgIpc) is 3.53. The lowest BCUT2D eigenvalue weighted by Gasteiger charge is -2.29. The molecule has 0 spiro atoms. The molecule has 190 valence electrons. The molecule has 3 amide bonds. The first-order valence-electron chi connectivity index (χ1n) is 12.3. The zero-order chi connectivity index (χ0) is 25.7. The lowest BCUT2D eigenvalue weighted by molar-refractivity contribution is -0.124. The highest BCUT2D eigenvalue weighted by atomic mass is 16.4. The zero-order valence-electron chi connectivity index (χ0n) is 20.8. The van der Waals surface area contributed by atoms with Gasteiger partial charge in [-0.2, -0.15) is 0 Å². The quantitative estimate of drug-likeness (QED) is 0.438. The Morgan fingerprint density at radius 1 is 1.00 bits per heavy atom. The van der Waals surface area contributed by atoms with Gasteiger partial charge in [0.25, 0.3) is 11.8 Å². The van der Waals surface area contributed by atoms with Crippen LogP contribution in [0.5, 0.6) is 0 Å². The van der Waals surface area contributed by atoms with Crippen LogP contribution in [0.15, 0.2) is 45.4 Å². The van der Waals surface area contributed by atoms with E-state index in [9.17, 15) is 14.4 Å². The minimum atomic E-state index is -0.594. The number of likely N-dealkylation sites (N-methyl/N-ethyl adjacent to an activating group) is 1. The van der Waals surface area contributed by atoms with Crippen LogP contribution in [-0.4, -0.2) is 35.8 Å². The molecule has 1 aliphatic rings. The van der Waals surface area contributed by atoms with Crippen LogP contribution in [0.25, 0.3) is 11.5 Å². The normalized spacial score (nSPS) is 14.8. The lowest BCUT2D eigenvalue weighted by atomic mass is 9.83. The fourth-order valence-electron chi connectivity index (χ4n) is 4.50. The van der Waals surface area contributed by atoms with Crippen molar-refractivity contribution in [1.29, 1.82) is 0 Å². The summed E-state index contributed by atoms with van der Waals surface area (Å²) in [7, 11) is 1.58. The Morgan fingerprint density at radius 3 is 2.47 bits per heavy atom. The third-order valence-corrected chi connectivity index (χ3v) is 6.69. The van der Waals surface area contributed by atoms with E-state index in [1.807, 2.05) is 13.8 Å². The summed E-state index contributed by atoms with van der Waals surface area (Å²) < 4.78 is 11.3. The van der Waals surface area contributed by atoms with E-state index in [1.54, 1.807) is 43.6 Å². The summed E-state index contributed by atoms with van der Waals surface area (Å²) in [6, 6.07) is 7.93. The van der Waals surface area contributed by atoms with E-state index in [0.29, 0.717) is 17.2 Å². The predicted molar refractivity (Wildman–Crippen MR) is 133 cm³/mol. The lowest BCUT2D eigenvalue weighted by Crippen LogP contribution is -2.50. The number of furan rings is 2. The molecule has 3 heterocycles. The highest BCUT2D eigenvalue weighted by molar-refractivity contribution is 5.96. The third kappa shape index (κ3) is 5.84. The van der Waals surface area contributed by atoms with Crippen molar-refractivity contribution in [3.8, 4) is 11.5 Å². The van der Waals surface area contributed by atoms with Gasteiger partial charge in [-0.3, -0.25) is 19.4 Å². The number of amides is 3. The highest BCUT2D eigenvalue weighted by Gasteiger charge is 2.31. The average molecular weight is 493 g/mol. The summed E-state index contributed by atoms with van der Waals surface area (Å²) in [4.78, 5) is 42.1. The topological polar surface area (TPSA) is 126 Å². The molecule has 4 rings (SSSR count). The summed E-state index contributed by atoms with van der Waals surface area (Å²) in [5.74, 6) is 0.684. The van der Waals surface area contributed by atoms with Gasteiger partial charge in [0, 0.05) is 19.8 Å². The van der Waals surface area contributed by atoms with Crippen molar-refractivity contribution < 1.29 is 23.2 Å². The van der Waals surface area contributed by atoms with Gasteiger partial charge in [0.15, 0.2) is 17.3 Å². The molecule has 1 unspecified atom stereocenters. The predicted octanol–water partition coefficient (Wildman–Crippen LogP) is 3.91. The molecule has 0 saturated heterocycles. The maximum absolute atomic E-state index is 12.9. The number of nitrogens with zero attached hydrogens (tertiary/aromatic N) is 1. The van der Waals surface area contributed by atoms with Crippen LogP contribution in [-0.2, 0) is 11.3 Å². The zero-order valence-corrected chi connectivity index (χ0v) is 20.8. The van der Waals surface area contributed by atoms with Crippen LogP contribution >= 0.6 is 0 Å². The molecule has 1 fully saturated rings. The Kier molecular flexibility index (Phi) is 7.87. The first-order chi connectivity index (χ1) is 17.4. The summed E-state index contributed by atoms with van der Waals surface area (Å²) in [6.45, 7) is 3.97. The molecule has 3 aromatic heterocycles. The molecule has 1 aliphatic carbocycles. The number of hydrogen-bond donors (Lipinski definition) is 3. The molecule has 36 heavy (non-hydrogen) atoms. The van der Waals surface area contributed by atoms with Crippen molar-refractivity contribution in [1.82, 2.24) is 20.9 Å². The van der Waals surface area contributed by atoms with E-state index < -0.39 is 11.9 Å². The fraction of sp³-hybridized carbons (Fsp3) is 0.407. The number of nitrogens with one attached hydrogen (secondary N) is 3. The summed E-state index contributed by atoms with van der Waals surface area (Å²) >= 11 is 0. The number of aromatic nitrogens is 1. The van der Waals surface area contributed by atoms with Crippen LogP contribution in [0.2, 0.25) is 0 Å². The molecule has 1 saturated carbocycles. The van der Waals surface area contributed by atoms with E-state index in [-0.39, 0.29) is 35.8 Å². The van der Waals surface area contributed by atoms with Crippen LogP contribution in [0, 0.1) is 19.8 Å². The van der Waals surface area contributed by atoms with Crippen molar-refractivity contribution >= 4 is 17.7 Å². The summed E-state index contributed by atoms with van der Waals surface area (Å²) in [5.41, 5.74) is 2.26. The van der Waals surface area contributed by atoms with Crippen molar-refractivity contribution in [2.75, 3.05) is 7.05 Å². The van der Waals surface area contributed by atoms with Crippen molar-refractivity contribution in [2.45, 2.75) is 58.5 Å². The van der Waals surface area contributed by atoms with Gasteiger partial charge in [-0.05, 0) is 74.1 Å². The second kappa shape index (κ2) is 11.2. The molecule has 0 radical (unpaired) electrons. The Labute approximate surface area is 210 Å². The van der Waals surface area contributed by atoms with Crippen LogP contribution in [0.3, 0.4) is 0 Å². The first-order valence-corrected chi connectivity index (χ1v) is 12.3. The number of carbonyl (C=O) groups is 3. The molecular weight excluding hydrogens is 460 g/mol. The summed E-state index contributed by atoms with van der Waals surface area (Å²) in [6.07, 6.45) is 6.71. The third-order valence-electron chi connectivity index (χ3n) is 6.69. The molecule has 0 aromatic carbocycles. The molecule has 0 aliphatic heterocycles. The monoisotopic (exact) mass is 492 g/mol. The largest absolute Gasteiger partial charge is 0.456 e. The Bertz CT molecular complexity index is 1220. The molecule has 1 atom stereocenters. The minimum absolute atomic E-state index is 0.110. The molecule has 9 nitrogen and oxygen atoms in total. The van der Waals surface area contributed by atoms with Gasteiger partial charge in [0.2, 0.25) is 5.91 Å². The second-order valence-corrected chi connectivity index (χ2v) is 9.21. The minimum Gasteiger partial charge on any atom is -0.456 e. The van der Waals surface area contributed by atoms with E-state index >= 15 is 0 Å². The number of aryl methyl sites for hydroxylation is 2. The molecule has 3 N–H and O–H groups in total. The van der Waals surface area contributed by atoms with Gasteiger partial charge >= 0.3 is 0 Å². The SMILES string of the molecule is CNC(=O)C(NC(=O)c1ccc(-c2cc(CNC(=O)c3cc(C)c(C)o3)ccn2)o1)C1CCCCC1. The van der Waals surface area contributed by atoms with Gasteiger partial charge in [0.05, 0.1) is 0 Å². The van der Waals surface area contributed by atoms with E-state index in [2.05, 4.69) is 20.9 Å². The number of pyridine rings is 1. The second-order valence-electron chi connectivity index (χ2n) is 9.21. The molecule has 0 bridgehead atoms. The van der Waals surface area contributed by atoms with Gasteiger partial charge in [0.1, 0.15) is 17.5 Å². The highest BCUT2D eigenvalue weighted by Crippen LogP contribution is 2.27. The van der Waals surface area contributed by atoms with Crippen molar-refractivity contribution in [2.24, 2.45) is 5.92 Å². The Balaban J connectivity index is 1.41. The van der Waals surface area contributed by atoms with E-state index in [0.717, 1.165) is 43.2 Å². The van der Waals surface area contributed by atoms with Crippen molar-refractivity contribution in [3.63, 3.8) is 0 Å². The Morgan fingerprint density at radius 2 is 1.78 bits per heavy atom. The van der Waals surface area contributed by atoms with E-state index in [1.165, 1.54) is 0 Å². The van der Waals surface area contributed by atoms with Gasteiger partial charge < -0.3 is 24.8 Å². The molecule has 9 heteroatoms. The van der Waals surface area contributed by atoms with Crippen LogP contribution in [0.4, 0.5) is 0 Å². The van der Waals surface area contributed by atoms with Gasteiger partial charge in [-0.1, -0.05) is 19.3 Å². The molecule has 3 aromatic rings. The van der Waals surface area contributed by atoms with Crippen LogP contribution < -0.4 is 16.0 Å². The fourth-order valence-corrected chi connectivity index (χ4v) is 4.50. The number of rotatable bonds is 8. The van der Waals surface area contributed by atoms with Gasteiger partial charge in [-0.15, -0.1) is 0 Å². The standard InChI is InChI=1S/C27H32N4O5/c1-16-13-23(35-17(16)2)25(32)30-15-18-11-12-29-20(14-18)21-9-10-22(36-21)26(33)31-24(27(34)28-3)19-7-5-4-6-8-19/h9-14,19,24H,4-8,15H2,1-3H3,(H,28,34)(H,30,32)(H,31,33). The molecular formula is C27H32N4O5.